The molecule has 34 heavy (non-hydrogen) atoms. The van der Waals surface area contributed by atoms with Gasteiger partial charge in [0.25, 0.3) is 11.8 Å². The quantitative estimate of drug-likeness (QED) is 0.561. The van der Waals surface area contributed by atoms with Gasteiger partial charge in [0.15, 0.2) is 5.76 Å². The van der Waals surface area contributed by atoms with Gasteiger partial charge in [-0.2, -0.15) is 0 Å². The van der Waals surface area contributed by atoms with Crippen molar-refractivity contribution in [3.8, 4) is 0 Å². The summed E-state index contributed by atoms with van der Waals surface area (Å²) in [6, 6.07) is 14.9. The highest BCUT2D eigenvalue weighted by atomic mass is 35.5. The van der Waals surface area contributed by atoms with Crippen LogP contribution >= 0.6 is 11.6 Å². The molecule has 3 amide bonds. The highest BCUT2D eigenvalue weighted by Crippen LogP contribution is 2.25. The molecule has 0 bridgehead atoms. The van der Waals surface area contributed by atoms with Crippen molar-refractivity contribution in [2.24, 2.45) is 5.73 Å². The lowest BCUT2D eigenvalue weighted by molar-refractivity contribution is -0.124. The molecule has 4 rings (SSSR count). The van der Waals surface area contributed by atoms with Crippen LogP contribution < -0.4 is 11.1 Å². The first kappa shape index (κ1) is 23.5. The van der Waals surface area contributed by atoms with E-state index < -0.39 is 11.9 Å². The molecule has 3 N–H and O–H groups in total. The van der Waals surface area contributed by atoms with Crippen LogP contribution in [0.1, 0.15) is 38.1 Å². The standard InChI is InChI=1S/C25H25ClN4O4/c1-16-4-5-18(15-20(16)28-24(32)21-3-2-14-34-21)25(33)30-12-10-29(11-13-30)22(23(27)31)17-6-8-19(26)9-7-17/h2-9,14-15,22H,10-13H2,1H3,(H2,27,31)(H,28,32)/t22-/m0/s1. The molecule has 1 fully saturated rings. The number of anilines is 1. The lowest BCUT2D eigenvalue weighted by atomic mass is 10.0. The molecule has 0 aliphatic carbocycles. The van der Waals surface area contributed by atoms with Crippen LogP contribution in [0.15, 0.2) is 65.3 Å². The molecule has 1 aliphatic heterocycles. The van der Waals surface area contributed by atoms with Crippen LogP contribution in [-0.2, 0) is 4.79 Å². The van der Waals surface area contributed by atoms with Crippen molar-refractivity contribution >= 4 is 35.0 Å². The highest BCUT2D eigenvalue weighted by Gasteiger charge is 2.30. The fourth-order valence-electron chi connectivity index (χ4n) is 4.05. The highest BCUT2D eigenvalue weighted by molar-refractivity contribution is 6.30. The predicted molar refractivity (Wildman–Crippen MR) is 129 cm³/mol. The number of primary amides is 1. The Hall–Kier alpha value is -3.62. The maximum Gasteiger partial charge on any atom is 0.291 e. The number of nitrogens with two attached hydrogens (primary N) is 1. The van der Waals surface area contributed by atoms with Gasteiger partial charge >= 0.3 is 0 Å². The van der Waals surface area contributed by atoms with Crippen molar-refractivity contribution in [2.45, 2.75) is 13.0 Å². The Morgan fingerprint density at radius 3 is 2.35 bits per heavy atom. The molecule has 176 valence electrons. The Balaban J connectivity index is 1.43. The molecule has 8 nitrogen and oxygen atoms in total. The van der Waals surface area contributed by atoms with Gasteiger partial charge in [-0.15, -0.1) is 0 Å². The average Bonchev–Trinajstić information content (AvgIpc) is 3.37. The summed E-state index contributed by atoms with van der Waals surface area (Å²) in [7, 11) is 0. The number of amides is 3. The van der Waals surface area contributed by atoms with Crippen LogP contribution in [0, 0.1) is 6.92 Å². The van der Waals surface area contributed by atoms with Crippen LogP contribution in [0.3, 0.4) is 0 Å². The van der Waals surface area contributed by atoms with Gasteiger partial charge in [0, 0.05) is 42.5 Å². The number of hydrogen-bond donors (Lipinski definition) is 2. The third kappa shape index (κ3) is 5.13. The number of benzene rings is 2. The fourth-order valence-corrected chi connectivity index (χ4v) is 4.17. The molecule has 0 unspecified atom stereocenters. The smallest absolute Gasteiger partial charge is 0.291 e. The number of rotatable bonds is 6. The lowest BCUT2D eigenvalue weighted by Gasteiger charge is -2.38. The summed E-state index contributed by atoms with van der Waals surface area (Å²) in [4.78, 5) is 41.4. The molecule has 1 saturated heterocycles. The minimum Gasteiger partial charge on any atom is -0.459 e. The number of furan rings is 1. The topological polar surface area (TPSA) is 109 Å². The summed E-state index contributed by atoms with van der Waals surface area (Å²) in [6.07, 6.45) is 1.43. The van der Waals surface area contributed by atoms with E-state index in [1.54, 1.807) is 59.5 Å². The van der Waals surface area contributed by atoms with Gasteiger partial charge in [0.1, 0.15) is 6.04 Å². The van der Waals surface area contributed by atoms with Crippen LogP contribution in [0.25, 0.3) is 0 Å². The second kappa shape index (κ2) is 10.1. The van der Waals surface area contributed by atoms with Crippen LogP contribution in [0.5, 0.6) is 0 Å². The maximum atomic E-state index is 13.2. The Morgan fingerprint density at radius 2 is 1.74 bits per heavy atom. The normalized spacial score (nSPS) is 15.1. The molecular weight excluding hydrogens is 456 g/mol. The zero-order chi connectivity index (χ0) is 24.2. The zero-order valence-corrected chi connectivity index (χ0v) is 19.4. The number of carbonyl (C=O) groups excluding carboxylic acids is 3. The van der Waals surface area contributed by atoms with Gasteiger partial charge in [-0.05, 0) is 54.4 Å². The van der Waals surface area contributed by atoms with Gasteiger partial charge in [0.05, 0.1) is 6.26 Å². The third-order valence-corrected chi connectivity index (χ3v) is 6.15. The zero-order valence-electron chi connectivity index (χ0n) is 18.7. The van der Waals surface area contributed by atoms with E-state index in [4.69, 9.17) is 21.8 Å². The molecule has 2 aromatic carbocycles. The number of hydrogen-bond acceptors (Lipinski definition) is 5. The SMILES string of the molecule is Cc1ccc(C(=O)N2CCN([C@H](C(N)=O)c3ccc(Cl)cc3)CC2)cc1NC(=O)c1ccco1. The number of nitrogens with one attached hydrogen (secondary N) is 1. The molecule has 0 radical (unpaired) electrons. The Bertz CT molecular complexity index is 1190. The molecule has 1 atom stereocenters. The van der Waals surface area contributed by atoms with Crippen LogP contribution in [-0.4, -0.2) is 53.7 Å². The number of carbonyl (C=O) groups is 3. The van der Waals surface area contributed by atoms with Crippen molar-refractivity contribution < 1.29 is 18.8 Å². The van der Waals surface area contributed by atoms with Gasteiger partial charge in [-0.25, -0.2) is 0 Å². The van der Waals surface area contributed by atoms with E-state index in [1.165, 1.54) is 6.26 Å². The van der Waals surface area contributed by atoms with Crippen molar-refractivity contribution in [3.05, 3.63) is 88.3 Å². The van der Waals surface area contributed by atoms with E-state index in [-0.39, 0.29) is 17.6 Å². The monoisotopic (exact) mass is 480 g/mol. The van der Waals surface area contributed by atoms with E-state index in [0.717, 1.165) is 11.1 Å². The summed E-state index contributed by atoms with van der Waals surface area (Å²) < 4.78 is 5.13. The second-order valence-corrected chi connectivity index (χ2v) is 8.58. The van der Waals surface area contributed by atoms with E-state index in [2.05, 4.69) is 5.32 Å². The van der Waals surface area contributed by atoms with Crippen LogP contribution in [0.4, 0.5) is 5.69 Å². The minimum atomic E-state index is -0.586. The van der Waals surface area contributed by atoms with E-state index >= 15 is 0 Å². The fraction of sp³-hybridized carbons (Fsp3) is 0.240. The Labute approximate surface area is 202 Å². The van der Waals surface area contributed by atoms with Gasteiger partial charge < -0.3 is 20.4 Å². The molecule has 1 aromatic heterocycles. The van der Waals surface area contributed by atoms with Crippen molar-refractivity contribution in [2.75, 3.05) is 31.5 Å². The summed E-state index contributed by atoms with van der Waals surface area (Å²) in [5.41, 5.74) is 8.31. The Kier molecular flexibility index (Phi) is 7.00. The average molecular weight is 481 g/mol. The third-order valence-electron chi connectivity index (χ3n) is 5.90. The summed E-state index contributed by atoms with van der Waals surface area (Å²) in [5.74, 6) is -0.782. The molecule has 3 aromatic rings. The maximum absolute atomic E-state index is 13.2. The number of halogens is 1. The minimum absolute atomic E-state index is 0.143. The first-order chi connectivity index (χ1) is 16.3. The largest absolute Gasteiger partial charge is 0.459 e. The van der Waals surface area contributed by atoms with Gasteiger partial charge in [-0.3, -0.25) is 19.3 Å². The van der Waals surface area contributed by atoms with Gasteiger partial charge in [-0.1, -0.05) is 29.8 Å². The first-order valence-corrected chi connectivity index (χ1v) is 11.2. The molecule has 1 aliphatic rings. The van der Waals surface area contributed by atoms with Crippen molar-refractivity contribution in [1.29, 1.82) is 0 Å². The van der Waals surface area contributed by atoms with Gasteiger partial charge in [0.2, 0.25) is 5.91 Å². The van der Waals surface area contributed by atoms with E-state index in [1.807, 2.05) is 11.8 Å². The Morgan fingerprint density at radius 1 is 1.03 bits per heavy atom. The van der Waals surface area contributed by atoms with Crippen LogP contribution in [0.2, 0.25) is 5.02 Å². The van der Waals surface area contributed by atoms with Crippen molar-refractivity contribution in [3.63, 3.8) is 0 Å². The number of piperazine rings is 1. The molecule has 9 heteroatoms. The molecule has 2 heterocycles. The first-order valence-electron chi connectivity index (χ1n) is 10.9. The lowest BCUT2D eigenvalue weighted by Crippen LogP contribution is -2.51. The second-order valence-electron chi connectivity index (χ2n) is 8.15. The summed E-state index contributed by atoms with van der Waals surface area (Å²) >= 11 is 5.97. The number of aryl methyl sites for hydroxylation is 1. The summed E-state index contributed by atoms with van der Waals surface area (Å²) in [5, 5.41) is 3.38. The predicted octanol–water partition coefficient (Wildman–Crippen LogP) is 3.48. The molecular formula is C25H25ClN4O4. The van der Waals surface area contributed by atoms with E-state index in [9.17, 15) is 14.4 Å². The number of nitrogens with zero attached hydrogens (tertiary/aromatic N) is 2. The van der Waals surface area contributed by atoms with Crippen molar-refractivity contribution in [1.82, 2.24) is 9.80 Å². The molecule has 0 saturated carbocycles. The van der Waals surface area contributed by atoms with E-state index in [0.29, 0.717) is 42.5 Å². The molecule has 0 spiro atoms. The summed E-state index contributed by atoms with van der Waals surface area (Å²) in [6.45, 7) is 3.73.